The number of carboxylic acid groups (broad SMARTS) is 1. The Balaban J connectivity index is 2.02. The molecule has 0 fully saturated rings. The molecule has 8 nitrogen and oxygen atoms in total. The van der Waals surface area contributed by atoms with Crippen molar-refractivity contribution in [3.63, 3.8) is 0 Å². The average molecular weight is 388 g/mol. The number of hydrogen-bond acceptors (Lipinski definition) is 7. The second kappa shape index (κ2) is 9.31. The van der Waals surface area contributed by atoms with Crippen LogP contribution in [0.5, 0.6) is 23.0 Å². The molecule has 0 atom stereocenters. The smallest absolute Gasteiger partial charge is 0.338 e. The molecule has 0 unspecified atom stereocenters. The van der Waals surface area contributed by atoms with Crippen LogP contribution in [0.15, 0.2) is 42.5 Å². The molecule has 3 N–H and O–H groups in total. The van der Waals surface area contributed by atoms with Crippen molar-refractivity contribution < 1.29 is 39.1 Å². The molecular weight excluding hydrogens is 368 g/mol. The molecule has 148 valence electrons. The fraction of sp³-hybridized carbons (Fsp3) is 0.200. The first-order valence-corrected chi connectivity index (χ1v) is 8.20. The third-order valence-electron chi connectivity index (χ3n) is 3.89. The quantitative estimate of drug-likeness (QED) is 0.466. The third-order valence-corrected chi connectivity index (χ3v) is 3.89. The van der Waals surface area contributed by atoms with Gasteiger partial charge in [-0.15, -0.1) is 0 Å². The van der Waals surface area contributed by atoms with Gasteiger partial charge in [-0.25, -0.2) is 9.59 Å². The monoisotopic (exact) mass is 388 g/mol. The molecule has 0 aliphatic carbocycles. The van der Waals surface area contributed by atoms with Crippen LogP contribution < -0.4 is 9.47 Å². The molecule has 0 aliphatic rings. The zero-order chi connectivity index (χ0) is 20.7. The summed E-state index contributed by atoms with van der Waals surface area (Å²) in [6.07, 6.45) is 3.31. The molecule has 8 heteroatoms. The first-order valence-electron chi connectivity index (χ1n) is 8.20. The number of aromatic hydroxyl groups is 2. The van der Waals surface area contributed by atoms with Crippen LogP contribution in [0.1, 0.15) is 26.3 Å². The van der Waals surface area contributed by atoms with Crippen LogP contribution in [0.4, 0.5) is 0 Å². The van der Waals surface area contributed by atoms with Crippen molar-refractivity contribution in [3.8, 4) is 23.0 Å². The van der Waals surface area contributed by atoms with Gasteiger partial charge in [0.05, 0.1) is 25.3 Å². The van der Waals surface area contributed by atoms with E-state index in [4.69, 9.17) is 14.2 Å². The summed E-state index contributed by atoms with van der Waals surface area (Å²) in [7, 11) is 2.70. The number of allylic oxidation sites excluding steroid dienone is 1. The molecule has 0 saturated heterocycles. The van der Waals surface area contributed by atoms with Crippen LogP contribution in [0.3, 0.4) is 0 Å². The van der Waals surface area contributed by atoms with E-state index in [0.29, 0.717) is 5.56 Å². The van der Waals surface area contributed by atoms with E-state index in [1.165, 1.54) is 44.6 Å². The second-order valence-electron chi connectivity index (χ2n) is 5.61. The molecule has 0 saturated carbocycles. The van der Waals surface area contributed by atoms with Crippen molar-refractivity contribution in [2.75, 3.05) is 20.8 Å². The highest BCUT2D eigenvalue weighted by molar-refractivity contribution is 5.91. The Morgan fingerprint density at radius 3 is 2.36 bits per heavy atom. The number of phenols is 2. The maximum Gasteiger partial charge on any atom is 0.338 e. The molecule has 2 rings (SSSR count). The van der Waals surface area contributed by atoms with Crippen LogP contribution in [-0.4, -0.2) is 48.1 Å². The van der Waals surface area contributed by atoms with E-state index in [-0.39, 0.29) is 47.2 Å². The lowest BCUT2D eigenvalue weighted by Crippen LogP contribution is -2.06. The normalized spacial score (nSPS) is 10.6. The van der Waals surface area contributed by atoms with Gasteiger partial charge in [0.15, 0.2) is 23.0 Å². The van der Waals surface area contributed by atoms with E-state index in [1.54, 1.807) is 12.2 Å². The van der Waals surface area contributed by atoms with Gasteiger partial charge in [0.2, 0.25) is 0 Å². The number of aromatic carboxylic acids is 1. The molecule has 0 radical (unpaired) electrons. The lowest BCUT2D eigenvalue weighted by atomic mass is 10.0. The van der Waals surface area contributed by atoms with Crippen molar-refractivity contribution in [1.29, 1.82) is 0 Å². The standard InChI is InChI=1S/C20H20O8/c1-26-17-11-12(6-8-15(17)21)20(25)28-10-4-3-5-13-14(19(23)24)7-9-16(22)18(13)27-2/h3-4,6-9,11,21-22H,5,10H2,1-2H3,(H,23,24). The van der Waals surface area contributed by atoms with Crippen molar-refractivity contribution in [1.82, 2.24) is 0 Å². The summed E-state index contributed by atoms with van der Waals surface area (Å²) in [5, 5.41) is 28.6. The summed E-state index contributed by atoms with van der Waals surface area (Å²) in [5.74, 6) is -1.77. The number of esters is 1. The van der Waals surface area contributed by atoms with E-state index in [0.717, 1.165) is 0 Å². The van der Waals surface area contributed by atoms with Gasteiger partial charge in [0, 0.05) is 5.56 Å². The maximum atomic E-state index is 12.0. The molecule has 0 amide bonds. The van der Waals surface area contributed by atoms with Gasteiger partial charge in [0.1, 0.15) is 6.61 Å². The summed E-state index contributed by atoms with van der Waals surface area (Å²) in [5.41, 5.74) is 0.527. The van der Waals surface area contributed by atoms with Gasteiger partial charge >= 0.3 is 11.9 Å². The predicted molar refractivity (Wildman–Crippen MR) is 99.4 cm³/mol. The second-order valence-corrected chi connectivity index (χ2v) is 5.61. The molecule has 0 bridgehead atoms. The Kier molecular flexibility index (Phi) is 6.86. The van der Waals surface area contributed by atoms with Gasteiger partial charge in [-0.05, 0) is 36.8 Å². The van der Waals surface area contributed by atoms with E-state index in [2.05, 4.69) is 0 Å². The average Bonchev–Trinajstić information content (AvgIpc) is 2.67. The van der Waals surface area contributed by atoms with Gasteiger partial charge in [-0.3, -0.25) is 0 Å². The number of phenolic OH excluding ortho intramolecular Hbond substituents is 2. The van der Waals surface area contributed by atoms with Crippen molar-refractivity contribution in [2.24, 2.45) is 0 Å². The summed E-state index contributed by atoms with van der Waals surface area (Å²) in [6, 6.07) is 6.64. The zero-order valence-corrected chi connectivity index (χ0v) is 15.3. The van der Waals surface area contributed by atoms with Gasteiger partial charge in [0.25, 0.3) is 0 Å². The number of hydrogen-bond donors (Lipinski definition) is 3. The Labute approximate surface area is 161 Å². The zero-order valence-electron chi connectivity index (χ0n) is 15.3. The van der Waals surface area contributed by atoms with Crippen LogP contribution in [0, 0.1) is 0 Å². The number of benzene rings is 2. The number of rotatable bonds is 8. The van der Waals surface area contributed by atoms with Gasteiger partial charge in [-0.2, -0.15) is 0 Å². The number of methoxy groups -OCH3 is 2. The minimum Gasteiger partial charge on any atom is -0.504 e. The van der Waals surface area contributed by atoms with Crippen molar-refractivity contribution >= 4 is 11.9 Å². The van der Waals surface area contributed by atoms with Crippen LogP contribution in [0.25, 0.3) is 0 Å². The fourth-order valence-corrected chi connectivity index (χ4v) is 2.53. The summed E-state index contributed by atoms with van der Waals surface area (Å²) in [6.45, 7) is -0.0500. The first-order chi connectivity index (χ1) is 13.4. The van der Waals surface area contributed by atoms with E-state index in [1.807, 2.05) is 0 Å². The maximum absolute atomic E-state index is 12.0. The topological polar surface area (TPSA) is 123 Å². The number of carboxylic acids is 1. The SMILES string of the molecule is COc1cc(C(=O)OCC=CCc2c(C(=O)O)ccc(O)c2OC)ccc1O. The first kappa shape index (κ1) is 20.6. The fourth-order valence-electron chi connectivity index (χ4n) is 2.53. The molecule has 0 spiro atoms. The highest BCUT2D eigenvalue weighted by Gasteiger charge is 2.17. The lowest BCUT2D eigenvalue weighted by molar-refractivity contribution is 0.0548. The predicted octanol–water partition coefficient (Wildman–Crippen LogP) is 2.77. The Morgan fingerprint density at radius 2 is 1.71 bits per heavy atom. The molecule has 0 aliphatic heterocycles. The highest BCUT2D eigenvalue weighted by atomic mass is 16.5. The Morgan fingerprint density at radius 1 is 1.00 bits per heavy atom. The Bertz CT molecular complexity index is 901. The Hall–Kier alpha value is -3.68. The number of ether oxygens (including phenoxy) is 3. The molecule has 28 heavy (non-hydrogen) atoms. The number of carbonyl (C=O) groups excluding carboxylic acids is 1. The van der Waals surface area contributed by atoms with Gasteiger partial charge in [-0.1, -0.05) is 12.2 Å². The molecule has 0 aromatic heterocycles. The minimum absolute atomic E-state index is 0.00693. The lowest BCUT2D eigenvalue weighted by Gasteiger charge is -2.11. The van der Waals surface area contributed by atoms with Gasteiger partial charge < -0.3 is 29.5 Å². The summed E-state index contributed by atoms with van der Waals surface area (Å²) >= 11 is 0. The van der Waals surface area contributed by atoms with E-state index < -0.39 is 11.9 Å². The van der Waals surface area contributed by atoms with Crippen molar-refractivity contribution in [2.45, 2.75) is 6.42 Å². The molecular formula is C20H20O8. The number of carbonyl (C=O) groups is 2. The molecule has 2 aromatic rings. The largest absolute Gasteiger partial charge is 0.504 e. The minimum atomic E-state index is -1.14. The molecule has 2 aromatic carbocycles. The van der Waals surface area contributed by atoms with E-state index in [9.17, 15) is 24.9 Å². The van der Waals surface area contributed by atoms with Crippen LogP contribution in [-0.2, 0) is 11.2 Å². The third kappa shape index (κ3) is 4.73. The van der Waals surface area contributed by atoms with Crippen molar-refractivity contribution in [3.05, 3.63) is 59.2 Å². The van der Waals surface area contributed by atoms with Crippen LogP contribution >= 0.6 is 0 Å². The summed E-state index contributed by atoms with van der Waals surface area (Å²) in [4.78, 5) is 23.4. The van der Waals surface area contributed by atoms with Crippen LogP contribution in [0.2, 0.25) is 0 Å². The van der Waals surface area contributed by atoms with E-state index >= 15 is 0 Å². The summed E-state index contributed by atoms with van der Waals surface area (Å²) < 4.78 is 15.1. The highest BCUT2D eigenvalue weighted by Crippen LogP contribution is 2.33. The molecule has 0 heterocycles.